The van der Waals surface area contributed by atoms with Gasteiger partial charge >= 0.3 is 6.18 Å². The molecule has 0 saturated carbocycles. The predicted octanol–water partition coefficient (Wildman–Crippen LogP) is 7.07. The van der Waals surface area contributed by atoms with Crippen LogP contribution >= 0.6 is 27.5 Å². The van der Waals surface area contributed by atoms with Crippen molar-refractivity contribution in [2.24, 2.45) is 0 Å². The van der Waals surface area contributed by atoms with Crippen molar-refractivity contribution < 1.29 is 31.8 Å². The summed E-state index contributed by atoms with van der Waals surface area (Å²) in [4.78, 5) is 20.8. The van der Waals surface area contributed by atoms with Crippen LogP contribution < -0.4 is 4.90 Å². The molecule has 168 valence electrons. The van der Waals surface area contributed by atoms with E-state index in [2.05, 4.69) is 15.9 Å². The molecule has 0 aromatic heterocycles. The van der Waals surface area contributed by atoms with Crippen molar-refractivity contribution in [2.45, 2.75) is 26.4 Å². The van der Waals surface area contributed by atoms with E-state index in [1.54, 1.807) is 0 Å². The third kappa shape index (κ3) is 4.56. The maximum Gasteiger partial charge on any atom is 0.418 e. The van der Waals surface area contributed by atoms with E-state index in [1.165, 1.54) is 6.92 Å². The molecule has 0 spiro atoms. The molecule has 31 heavy (non-hydrogen) atoms. The minimum atomic E-state index is -5.27. The number of nitro groups is 2. The average molecular weight is 533 g/mol. The summed E-state index contributed by atoms with van der Waals surface area (Å²) >= 11 is 8.62. The number of anilines is 2. The standard InChI is InChI=1S/C17H12BrClF5N3O4/c1-3-4-25(15-7(2)13(20)11(18)14(21)12(15)19)16-9(17(22,23)24)5-8(26(28)29)6-10(16)27(30)31/h5-6H,3-4H2,1-2H3. The van der Waals surface area contributed by atoms with E-state index in [0.717, 1.165) is 6.92 Å². The van der Waals surface area contributed by atoms with Crippen LogP contribution in [-0.4, -0.2) is 16.4 Å². The number of alkyl halides is 3. The van der Waals surface area contributed by atoms with Gasteiger partial charge in [-0.3, -0.25) is 20.2 Å². The Morgan fingerprint density at radius 3 is 2.13 bits per heavy atom. The fraction of sp³-hybridized carbons (Fsp3) is 0.294. The maximum absolute atomic E-state index is 14.5. The van der Waals surface area contributed by atoms with Gasteiger partial charge in [0.05, 0.1) is 31.6 Å². The second kappa shape index (κ2) is 8.91. The highest BCUT2D eigenvalue weighted by Gasteiger charge is 2.42. The van der Waals surface area contributed by atoms with E-state index in [-0.39, 0.29) is 24.6 Å². The molecule has 2 rings (SSSR count). The van der Waals surface area contributed by atoms with Gasteiger partial charge in [0.25, 0.3) is 11.4 Å². The number of non-ortho nitro benzene ring substituents is 1. The minimum Gasteiger partial charge on any atom is -0.334 e. The van der Waals surface area contributed by atoms with Gasteiger partial charge in [0, 0.05) is 18.2 Å². The number of rotatable bonds is 6. The Bertz CT molecular complexity index is 1050. The van der Waals surface area contributed by atoms with E-state index in [9.17, 15) is 42.2 Å². The number of nitrogens with zero attached hydrogens (tertiary/aromatic N) is 3. The first-order valence-corrected chi connectivity index (χ1v) is 9.55. The van der Waals surface area contributed by atoms with Crippen LogP contribution in [0, 0.1) is 38.8 Å². The van der Waals surface area contributed by atoms with Crippen LogP contribution in [0.2, 0.25) is 5.02 Å². The third-order valence-electron chi connectivity index (χ3n) is 4.24. The molecule has 0 fully saturated rings. The molecule has 0 heterocycles. The topological polar surface area (TPSA) is 89.5 Å². The van der Waals surface area contributed by atoms with Crippen molar-refractivity contribution in [1.82, 2.24) is 0 Å². The molecule has 0 amide bonds. The lowest BCUT2D eigenvalue weighted by Gasteiger charge is -2.29. The Balaban J connectivity index is 3.07. The number of benzene rings is 2. The van der Waals surface area contributed by atoms with Gasteiger partial charge in [-0.05, 0) is 29.3 Å². The van der Waals surface area contributed by atoms with Crippen molar-refractivity contribution >= 4 is 50.3 Å². The Labute approximate surface area is 184 Å². The highest BCUT2D eigenvalue weighted by molar-refractivity contribution is 9.10. The van der Waals surface area contributed by atoms with E-state index < -0.39 is 65.5 Å². The molecule has 0 radical (unpaired) electrons. The van der Waals surface area contributed by atoms with Gasteiger partial charge in [-0.15, -0.1) is 0 Å². The fourth-order valence-electron chi connectivity index (χ4n) is 2.96. The van der Waals surface area contributed by atoms with Crippen LogP contribution in [0.1, 0.15) is 24.5 Å². The first-order chi connectivity index (χ1) is 14.2. The van der Waals surface area contributed by atoms with E-state index >= 15 is 0 Å². The summed E-state index contributed by atoms with van der Waals surface area (Å²) in [5.74, 6) is -2.49. The summed E-state index contributed by atoms with van der Waals surface area (Å²) < 4.78 is 69.7. The largest absolute Gasteiger partial charge is 0.418 e. The first kappa shape index (κ1) is 24.7. The zero-order valence-electron chi connectivity index (χ0n) is 15.7. The molecule has 0 aliphatic rings. The summed E-state index contributed by atoms with van der Waals surface area (Å²) in [6.45, 7) is 2.24. The van der Waals surface area contributed by atoms with Crippen LogP contribution in [0.15, 0.2) is 16.6 Å². The summed E-state index contributed by atoms with van der Waals surface area (Å²) in [6, 6.07) is 0.474. The lowest BCUT2D eigenvalue weighted by Crippen LogP contribution is -2.25. The van der Waals surface area contributed by atoms with Crippen molar-refractivity contribution in [3.8, 4) is 0 Å². The minimum absolute atomic E-state index is 0.0838. The van der Waals surface area contributed by atoms with Gasteiger partial charge in [0.2, 0.25) is 0 Å². The summed E-state index contributed by atoms with van der Waals surface area (Å²) in [7, 11) is 0. The number of hydrogen-bond donors (Lipinski definition) is 0. The molecule has 0 aliphatic heterocycles. The number of nitro benzene ring substituents is 2. The first-order valence-electron chi connectivity index (χ1n) is 8.38. The molecule has 0 unspecified atom stereocenters. The fourth-order valence-corrected chi connectivity index (χ4v) is 3.91. The van der Waals surface area contributed by atoms with Crippen molar-refractivity contribution in [2.75, 3.05) is 11.4 Å². The molecule has 14 heteroatoms. The smallest absolute Gasteiger partial charge is 0.334 e. The molecule has 2 aromatic rings. The summed E-state index contributed by atoms with van der Waals surface area (Å²) in [5, 5.41) is 21.8. The normalized spacial score (nSPS) is 11.5. The Morgan fingerprint density at radius 2 is 1.68 bits per heavy atom. The van der Waals surface area contributed by atoms with Crippen LogP contribution in [0.4, 0.5) is 44.7 Å². The van der Waals surface area contributed by atoms with Crippen molar-refractivity contribution in [3.05, 3.63) is 64.6 Å². The van der Waals surface area contributed by atoms with Gasteiger partial charge in [0.1, 0.15) is 16.5 Å². The lowest BCUT2D eigenvalue weighted by molar-refractivity contribution is -0.394. The van der Waals surface area contributed by atoms with Gasteiger partial charge in [-0.2, -0.15) is 13.2 Å². The SMILES string of the molecule is CCCN(c1c([N+](=O)[O-])cc([N+](=O)[O-])cc1C(F)(F)F)c1c(C)c(F)c(Br)c(F)c1Cl. The monoisotopic (exact) mass is 531 g/mol. The third-order valence-corrected chi connectivity index (χ3v) is 5.29. The Morgan fingerprint density at radius 1 is 1.10 bits per heavy atom. The average Bonchev–Trinajstić information content (AvgIpc) is 2.68. The summed E-state index contributed by atoms with van der Waals surface area (Å²) in [6.07, 6.45) is -5.19. The highest BCUT2D eigenvalue weighted by Crippen LogP contribution is 2.49. The highest BCUT2D eigenvalue weighted by atomic mass is 79.9. The molecule has 7 nitrogen and oxygen atoms in total. The van der Waals surface area contributed by atoms with Crippen LogP contribution in [0.25, 0.3) is 0 Å². The van der Waals surface area contributed by atoms with Gasteiger partial charge in [0.15, 0.2) is 5.82 Å². The summed E-state index contributed by atoms with van der Waals surface area (Å²) in [5.41, 5.74) is -6.22. The predicted molar refractivity (Wildman–Crippen MR) is 106 cm³/mol. The molecule has 2 aromatic carbocycles. The van der Waals surface area contributed by atoms with Crippen LogP contribution in [0.3, 0.4) is 0 Å². The molecular weight excluding hydrogens is 521 g/mol. The molecule has 0 N–H and O–H groups in total. The zero-order valence-corrected chi connectivity index (χ0v) is 18.0. The van der Waals surface area contributed by atoms with Crippen molar-refractivity contribution in [3.63, 3.8) is 0 Å². The van der Waals surface area contributed by atoms with Crippen LogP contribution in [0.5, 0.6) is 0 Å². The number of hydrogen-bond acceptors (Lipinski definition) is 5. The van der Waals surface area contributed by atoms with Gasteiger partial charge in [-0.1, -0.05) is 18.5 Å². The molecule has 0 bridgehead atoms. The zero-order chi connectivity index (χ0) is 23.8. The molecular formula is C17H12BrClF5N3O4. The Kier molecular flexibility index (Phi) is 7.10. The second-order valence-corrected chi connectivity index (χ2v) is 7.43. The number of halogens is 7. The quantitative estimate of drug-likeness (QED) is 0.130. The maximum atomic E-state index is 14.5. The van der Waals surface area contributed by atoms with Crippen LogP contribution in [-0.2, 0) is 6.18 Å². The second-order valence-electron chi connectivity index (χ2n) is 6.25. The van der Waals surface area contributed by atoms with Crippen molar-refractivity contribution in [1.29, 1.82) is 0 Å². The molecule has 0 atom stereocenters. The molecule has 0 aliphatic carbocycles. The van der Waals surface area contributed by atoms with E-state index in [1.807, 2.05) is 0 Å². The Hall–Kier alpha value is -2.54. The van der Waals surface area contributed by atoms with E-state index in [4.69, 9.17) is 11.6 Å². The van der Waals surface area contributed by atoms with E-state index in [0.29, 0.717) is 11.0 Å². The molecule has 0 saturated heterocycles. The lowest BCUT2D eigenvalue weighted by atomic mass is 10.0. The van der Waals surface area contributed by atoms with Gasteiger partial charge < -0.3 is 4.90 Å². The van der Waals surface area contributed by atoms with Gasteiger partial charge in [-0.25, -0.2) is 8.78 Å².